The third-order valence-electron chi connectivity index (χ3n) is 4.34. The van der Waals surface area contributed by atoms with Crippen molar-refractivity contribution in [3.63, 3.8) is 0 Å². The van der Waals surface area contributed by atoms with E-state index in [1.807, 2.05) is 6.07 Å². The van der Waals surface area contributed by atoms with E-state index in [-0.39, 0.29) is 5.82 Å². The lowest BCUT2D eigenvalue weighted by Gasteiger charge is -2.30. The molecule has 2 aliphatic rings. The van der Waals surface area contributed by atoms with Crippen LogP contribution in [0.2, 0.25) is 0 Å². The Hall–Kier alpha value is -0.450. The van der Waals surface area contributed by atoms with Crippen LogP contribution >= 0.6 is 15.9 Å². The van der Waals surface area contributed by atoms with Gasteiger partial charge in [-0.2, -0.15) is 0 Å². The molecule has 0 aromatic heterocycles. The number of hydrogen-bond donors (Lipinski definition) is 1. The maximum Gasteiger partial charge on any atom is 0.124 e. The van der Waals surface area contributed by atoms with E-state index < -0.39 is 0 Å². The van der Waals surface area contributed by atoms with Gasteiger partial charge in [-0.05, 0) is 62.4 Å². The molecule has 1 heterocycles. The number of piperidine rings is 1. The van der Waals surface area contributed by atoms with Crippen LogP contribution in [0.3, 0.4) is 0 Å². The van der Waals surface area contributed by atoms with Gasteiger partial charge in [0, 0.05) is 23.6 Å². The maximum atomic E-state index is 13.2. The second-order valence-electron chi connectivity index (χ2n) is 6.11. The lowest BCUT2D eigenvalue weighted by atomic mass is 9.98. The fraction of sp³-hybridized carbons (Fsp3) is 0.625. The fourth-order valence-electron chi connectivity index (χ4n) is 3.06. The number of nitrogens with zero attached hydrogens (tertiary/aromatic N) is 1. The van der Waals surface area contributed by atoms with Gasteiger partial charge in [-0.25, -0.2) is 4.39 Å². The molecule has 0 spiro atoms. The summed E-state index contributed by atoms with van der Waals surface area (Å²) in [7, 11) is 0. The van der Waals surface area contributed by atoms with Crippen LogP contribution in [0.4, 0.5) is 4.39 Å². The van der Waals surface area contributed by atoms with Gasteiger partial charge in [-0.3, -0.25) is 4.90 Å². The molecule has 20 heavy (non-hydrogen) atoms. The summed E-state index contributed by atoms with van der Waals surface area (Å²) < 4.78 is 14.1. The van der Waals surface area contributed by atoms with E-state index in [4.69, 9.17) is 0 Å². The summed E-state index contributed by atoms with van der Waals surface area (Å²) in [6, 6.07) is 5.79. The van der Waals surface area contributed by atoms with Crippen molar-refractivity contribution in [2.24, 2.45) is 5.92 Å². The first-order chi connectivity index (χ1) is 9.72. The molecule has 0 radical (unpaired) electrons. The lowest BCUT2D eigenvalue weighted by Crippen LogP contribution is -2.39. The summed E-state index contributed by atoms with van der Waals surface area (Å²) in [6.07, 6.45) is 5.27. The first kappa shape index (κ1) is 14.5. The van der Waals surface area contributed by atoms with Gasteiger partial charge in [0.15, 0.2) is 0 Å². The van der Waals surface area contributed by atoms with Crippen LogP contribution in [-0.2, 0) is 6.54 Å². The van der Waals surface area contributed by atoms with E-state index in [2.05, 4.69) is 26.1 Å². The molecule has 1 aliphatic heterocycles. The van der Waals surface area contributed by atoms with Crippen LogP contribution in [-0.4, -0.2) is 30.6 Å². The number of rotatable bonds is 5. The van der Waals surface area contributed by atoms with Crippen molar-refractivity contribution in [3.8, 4) is 0 Å². The first-order valence-electron chi connectivity index (χ1n) is 7.61. The van der Waals surface area contributed by atoms with E-state index in [0.717, 1.165) is 29.5 Å². The topological polar surface area (TPSA) is 15.3 Å². The minimum atomic E-state index is -0.171. The number of hydrogen-bond acceptors (Lipinski definition) is 2. The molecule has 1 aromatic rings. The van der Waals surface area contributed by atoms with Crippen LogP contribution in [0.5, 0.6) is 0 Å². The van der Waals surface area contributed by atoms with E-state index in [0.29, 0.717) is 0 Å². The van der Waals surface area contributed by atoms with Gasteiger partial charge in [0.2, 0.25) is 0 Å². The minimum absolute atomic E-state index is 0.171. The smallest absolute Gasteiger partial charge is 0.124 e. The summed E-state index contributed by atoms with van der Waals surface area (Å²) in [6.45, 7) is 4.42. The van der Waals surface area contributed by atoms with Crippen LogP contribution in [0, 0.1) is 11.7 Å². The predicted molar refractivity (Wildman–Crippen MR) is 83.1 cm³/mol. The number of benzene rings is 1. The molecule has 3 rings (SSSR count). The molecule has 1 N–H and O–H groups in total. The Labute approximate surface area is 128 Å². The molecule has 110 valence electrons. The average molecular weight is 341 g/mol. The third kappa shape index (κ3) is 3.80. The molecule has 2 nitrogen and oxygen atoms in total. The highest BCUT2D eigenvalue weighted by molar-refractivity contribution is 9.10. The molecular formula is C16H22BrFN2. The summed E-state index contributed by atoms with van der Waals surface area (Å²) in [5.74, 6) is 0.596. The molecule has 1 atom stereocenters. The van der Waals surface area contributed by atoms with Crippen molar-refractivity contribution < 1.29 is 4.39 Å². The van der Waals surface area contributed by atoms with Gasteiger partial charge in [0.1, 0.15) is 5.82 Å². The summed E-state index contributed by atoms with van der Waals surface area (Å²) in [5, 5.41) is 3.50. The Balaban J connectivity index is 1.64. The van der Waals surface area contributed by atoms with Gasteiger partial charge in [-0.15, -0.1) is 0 Å². The molecule has 1 aromatic carbocycles. The standard InChI is InChI=1S/C16H22BrFN2/c17-16-8-14(18)4-3-13(16)11-20(15-5-6-15)10-12-2-1-7-19-9-12/h3-4,8,12,15,19H,1-2,5-7,9-11H2. The van der Waals surface area contributed by atoms with Crippen molar-refractivity contribution in [2.45, 2.75) is 38.3 Å². The molecule has 0 bridgehead atoms. The Bertz CT molecular complexity index is 456. The Morgan fingerprint density at radius 1 is 1.30 bits per heavy atom. The highest BCUT2D eigenvalue weighted by atomic mass is 79.9. The summed E-state index contributed by atoms with van der Waals surface area (Å²) in [4.78, 5) is 2.59. The van der Waals surface area contributed by atoms with E-state index in [1.165, 1.54) is 44.3 Å². The highest BCUT2D eigenvalue weighted by Gasteiger charge is 2.31. The van der Waals surface area contributed by atoms with Crippen LogP contribution < -0.4 is 5.32 Å². The summed E-state index contributed by atoms with van der Waals surface area (Å²) >= 11 is 3.49. The van der Waals surface area contributed by atoms with Crippen molar-refractivity contribution in [3.05, 3.63) is 34.1 Å². The predicted octanol–water partition coefficient (Wildman–Crippen LogP) is 3.55. The minimum Gasteiger partial charge on any atom is -0.316 e. The van der Waals surface area contributed by atoms with Gasteiger partial charge in [-0.1, -0.05) is 22.0 Å². The highest BCUT2D eigenvalue weighted by Crippen LogP contribution is 2.31. The van der Waals surface area contributed by atoms with Crippen LogP contribution in [0.1, 0.15) is 31.2 Å². The molecule has 4 heteroatoms. The second-order valence-corrected chi connectivity index (χ2v) is 6.96. The number of nitrogens with one attached hydrogen (secondary N) is 1. The normalized spacial score (nSPS) is 23.2. The van der Waals surface area contributed by atoms with Gasteiger partial charge in [0.05, 0.1) is 0 Å². The van der Waals surface area contributed by atoms with E-state index >= 15 is 0 Å². The molecular weight excluding hydrogens is 319 g/mol. The largest absolute Gasteiger partial charge is 0.316 e. The maximum absolute atomic E-state index is 13.2. The molecule has 2 fully saturated rings. The Morgan fingerprint density at radius 2 is 2.15 bits per heavy atom. The van der Waals surface area contributed by atoms with Gasteiger partial charge in [0.25, 0.3) is 0 Å². The molecule has 1 aliphatic carbocycles. The molecule has 0 amide bonds. The zero-order valence-electron chi connectivity index (χ0n) is 11.7. The summed E-state index contributed by atoms with van der Waals surface area (Å²) in [5.41, 5.74) is 1.20. The van der Waals surface area contributed by atoms with Crippen LogP contribution in [0.15, 0.2) is 22.7 Å². The van der Waals surface area contributed by atoms with Crippen molar-refractivity contribution in [1.29, 1.82) is 0 Å². The van der Waals surface area contributed by atoms with Crippen molar-refractivity contribution in [2.75, 3.05) is 19.6 Å². The zero-order chi connectivity index (χ0) is 13.9. The quantitative estimate of drug-likeness (QED) is 0.881. The van der Waals surface area contributed by atoms with Crippen molar-refractivity contribution in [1.82, 2.24) is 10.2 Å². The third-order valence-corrected chi connectivity index (χ3v) is 5.08. The van der Waals surface area contributed by atoms with Gasteiger partial charge < -0.3 is 5.32 Å². The van der Waals surface area contributed by atoms with Gasteiger partial charge >= 0.3 is 0 Å². The zero-order valence-corrected chi connectivity index (χ0v) is 13.3. The number of halogens is 2. The average Bonchev–Trinajstić information content (AvgIpc) is 3.26. The van der Waals surface area contributed by atoms with Crippen LogP contribution in [0.25, 0.3) is 0 Å². The fourth-order valence-corrected chi connectivity index (χ4v) is 3.54. The first-order valence-corrected chi connectivity index (χ1v) is 8.40. The van der Waals surface area contributed by atoms with E-state index in [1.54, 1.807) is 12.1 Å². The Kier molecular flexibility index (Phi) is 4.74. The monoisotopic (exact) mass is 340 g/mol. The SMILES string of the molecule is Fc1ccc(CN(CC2CCCNC2)C2CC2)c(Br)c1. The molecule has 1 unspecified atom stereocenters. The second kappa shape index (κ2) is 6.54. The lowest BCUT2D eigenvalue weighted by molar-refractivity contribution is 0.192. The Morgan fingerprint density at radius 3 is 2.80 bits per heavy atom. The molecule has 1 saturated carbocycles. The molecule has 1 saturated heterocycles. The van der Waals surface area contributed by atoms with E-state index in [9.17, 15) is 4.39 Å². The van der Waals surface area contributed by atoms with Crippen molar-refractivity contribution >= 4 is 15.9 Å².